The number of fused-ring (bicyclic) bond motifs is 1. The number of imidazole rings is 1. The van der Waals surface area contributed by atoms with Gasteiger partial charge in [0.05, 0.1) is 41.6 Å². The SMILES string of the molecule is COc1ccc(S(C)(=O)=O)cc1NCC#Cc1cc(C(=O)N[C@H]2CCN(Cc3ccncc3)C[C@@H]2C)c2ncn(CC(F)(F)F)c2c1. The average molecular weight is 669 g/mol. The maximum absolute atomic E-state index is 13.7. The zero-order valence-electron chi connectivity index (χ0n) is 26.1. The smallest absolute Gasteiger partial charge is 0.406 e. The van der Waals surface area contributed by atoms with E-state index in [1.54, 1.807) is 12.4 Å². The molecule has 0 unspecified atom stereocenters. The van der Waals surface area contributed by atoms with Gasteiger partial charge in [0, 0.05) is 49.9 Å². The van der Waals surface area contributed by atoms with Crippen LogP contribution in [0, 0.1) is 17.8 Å². The van der Waals surface area contributed by atoms with E-state index in [9.17, 15) is 26.4 Å². The highest BCUT2D eigenvalue weighted by Gasteiger charge is 2.31. The molecule has 1 aliphatic rings. The van der Waals surface area contributed by atoms with Gasteiger partial charge in [-0.2, -0.15) is 13.2 Å². The monoisotopic (exact) mass is 668 g/mol. The molecule has 1 amide bonds. The van der Waals surface area contributed by atoms with Crippen molar-refractivity contribution >= 4 is 32.5 Å². The first kappa shape index (κ1) is 33.7. The number of amides is 1. The number of carbonyl (C=O) groups is 1. The molecule has 10 nitrogen and oxygen atoms in total. The second-order valence-corrected chi connectivity index (χ2v) is 13.6. The number of ether oxygens (including phenoxy) is 1. The number of anilines is 1. The topological polar surface area (TPSA) is 118 Å². The zero-order valence-corrected chi connectivity index (χ0v) is 27.0. The number of carbonyl (C=O) groups excluding carboxylic acids is 1. The van der Waals surface area contributed by atoms with Crippen molar-refractivity contribution in [3.63, 3.8) is 0 Å². The molecule has 1 fully saturated rings. The molecule has 3 heterocycles. The second-order valence-electron chi connectivity index (χ2n) is 11.6. The Hall–Kier alpha value is -4.61. The third-order valence-corrected chi connectivity index (χ3v) is 9.09. The fourth-order valence-electron chi connectivity index (χ4n) is 5.65. The zero-order chi connectivity index (χ0) is 33.8. The van der Waals surface area contributed by atoms with Crippen LogP contribution in [0.25, 0.3) is 11.0 Å². The van der Waals surface area contributed by atoms with Gasteiger partial charge >= 0.3 is 6.18 Å². The van der Waals surface area contributed by atoms with Crippen molar-refractivity contribution in [1.29, 1.82) is 0 Å². The summed E-state index contributed by atoms with van der Waals surface area (Å²) >= 11 is 0. The van der Waals surface area contributed by atoms with E-state index in [1.807, 2.05) is 12.1 Å². The standard InChI is InChI=1S/C33H35F3N6O4S/c1-22-18-41(19-23-8-12-37-13-9-23)14-10-27(22)40-32(43)26-15-24(16-29-31(26)39-21-42(29)20-33(34,35)36)5-4-11-38-28-17-25(47(3,44)45)6-7-30(28)46-2/h6-9,12-13,15-17,21-22,27,38H,10-11,14,18-20H2,1-3H3,(H,40,43)/t22-,27-/m0/s1. The van der Waals surface area contributed by atoms with Crippen LogP contribution in [0.1, 0.15) is 34.8 Å². The largest absolute Gasteiger partial charge is 0.495 e. The number of hydrogen-bond acceptors (Lipinski definition) is 8. The summed E-state index contributed by atoms with van der Waals surface area (Å²) in [5, 5.41) is 6.12. The van der Waals surface area contributed by atoms with Crippen molar-refractivity contribution in [3.8, 4) is 17.6 Å². The summed E-state index contributed by atoms with van der Waals surface area (Å²) in [6.07, 6.45) is 1.90. The number of piperidine rings is 1. The first-order chi connectivity index (χ1) is 22.3. The summed E-state index contributed by atoms with van der Waals surface area (Å²) in [7, 11) is -2.01. The van der Waals surface area contributed by atoms with Gasteiger partial charge < -0.3 is 19.9 Å². The van der Waals surface area contributed by atoms with E-state index in [0.29, 0.717) is 23.4 Å². The normalized spacial score (nSPS) is 17.1. The van der Waals surface area contributed by atoms with Gasteiger partial charge in [-0.15, -0.1) is 0 Å². The molecule has 0 radical (unpaired) electrons. The van der Waals surface area contributed by atoms with Gasteiger partial charge in [0.25, 0.3) is 5.91 Å². The summed E-state index contributed by atoms with van der Waals surface area (Å²) in [5.74, 6) is 5.93. The number of likely N-dealkylation sites (tertiary alicyclic amines) is 1. The molecular weight excluding hydrogens is 633 g/mol. The first-order valence-corrected chi connectivity index (χ1v) is 16.8. The van der Waals surface area contributed by atoms with Crippen LogP contribution in [0.2, 0.25) is 0 Å². The van der Waals surface area contributed by atoms with Crippen LogP contribution in [-0.4, -0.2) is 79.0 Å². The van der Waals surface area contributed by atoms with Gasteiger partial charge in [-0.3, -0.25) is 14.7 Å². The summed E-state index contributed by atoms with van der Waals surface area (Å²) < 4.78 is 70.4. The highest BCUT2D eigenvalue weighted by Crippen LogP contribution is 2.28. The van der Waals surface area contributed by atoms with E-state index >= 15 is 0 Å². The molecule has 14 heteroatoms. The predicted octanol–water partition coefficient (Wildman–Crippen LogP) is 4.51. The Morgan fingerprint density at radius 3 is 2.60 bits per heavy atom. The van der Waals surface area contributed by atoms with Gasteiger partial charge in [-0.25, -0.2) is 13.4 Å². The molecule has 0 aliphatic carbocycles. The molecule has 2 aromatic heterocycles. The lowest BCUT2D eigenvalue weighted by atomic mass is 9.93. The Morgan fingerprint density at radius 2 is 1.91 bits per heavy atom. The number of methoxy groups -OCH3 is 1. The summed E-state index contributed by atoms with van der Waals surface area (Å²) in [5.41, 5.74) is 2.31. The van der Waals surface area contributed by atoms with Crippen LogP contribution >= 0.6 is 0 Å². The molecule has 2 atom stereocenters. The molecule has 1 saturated heterocycles. The van der Waals surface area contributed by atoms with Crippen LogP contribution in [0.3, 0.4) is 0 Å². The Balaban J connectivity index is 1.36. The van der Waals surface area contributed by atoms with E-state index < -0.39 is 28.5 Å². The minimum atomic E-state index is -4.50. The summed E-state index contributed by atoms with van der Waals surface area (Å²) in [6, 6.07) is 11.2. The van der Waals surface area contributed by atoms with Crippen molar-refractivity contribution in [2.24, 2.45) is 5.92 Å². The molecule has 47 heavy (non-hydrogen) atoms. The molecule has 1 aliphatic heterocycles. The summed E-state index contributed by atoms with van der Waals surface area (Å²) in [6.45, 7) is 3.15. The molecule has 0 bridgehead atoms. The number of halogens is 3. The van der Waals surface area contributed by atoms with Crippen molar-refractivity contribution in [2.45, 2.75) is 43.5 Å². The van der Waals surface area contributed by atoms with Crippen LogP contribution in [-0.2, 0) is 22.9 Å². The first-order valence-electron chi connectivity index (χ1n) is 14.9. The Labute approximate surface area is 271 Å². The number of alkyl halides is 3. The predicted molar refractivity (Wildman–Crippen MR) is 172 cm³/mol. The molecule has 2 aromatic carbocycles. The number of aromatic nitrogens is 3. The van der Waals surface area contributed by atoms with Crippen molar-refractivity contribution in [3.05, 3.63) is 77.9 Å². The highest BCUT2D eigenvalue weighted by molar-refractivity contribution is 7.90. The van der Waals surface area contributed by atoms with E-state index in [4.69, 9.17) is 4.74 Å². The van der Waals surface area contributed by atoms with Crippen LogP contribution in [0.5, 0.6) is 5.75 Å². The number of pyridine rings is 1. The van der Waals surface area contributed by atoms with Gasteiger partial charge in [0.1, 0.15) is 17.8 Å². The van der Waals surface area contributed by atoms with Gasteiger partial charge in [0.2, 0.25) is 0 Å². The third-order valence-electron chi connectivity index (χ3n) is 7.98. The minimum Gasteiger partial charge on any atom is -0.495 e. The highest BCUT2D eigenvalue weighted by atomic mass is 32.2. The van der Waals surface area contributed by atoms with Gasteiger partial charge in [-0.05, 0) is 60.4 Å². The number of hydrogen-bond donors (Lipinski definition) is 2. The number of rotatable bonds is 9. The lowest BCUT2D eigenvalue weighted by molar-refractivity contribution is -0.139. The molecule has 2 N–H and O–H groups in total. The van der Waals surface area contributed by atoms with Crippen molar-refractivity contribution < 1.29 is 31.1 Å². The maximum Gasteiger partial charge on any atom is 0.406 e. The lowest BCUT2D eigenvalue weighted by Crippen LogP contribution is -2.49. The average Bonchev–Trinajstić information content (AvgIpc) is 3.41. The van der Waals surface area contributed by atoms with E-state index in [1.165, 1.54) is 37.4 Å². The number of nitrogens with zero attached hydrogens (tertiary/aromatic N) is 4. The molecular formula is C33H35F3N6O4S. The number of sulfone groups is 1. The van der Waals surface area contributed by atoms with Crippen molar-refractivity contribution in [1.82, 2.24) is 24.8 Å². The van der Waals surface area contributed by atoms with Gasteiger partial charge in [-0.1, -0.05) is 18.8 Å². The molecule has 0 saturated carbocycles. The summed E-state index contributed by atoms with van der Waals surface area (Å²) in [4.78, 5) is 24.3. The number of nitrogens with one attached hydrogen (secondary N) is 2. The third kappa shape index (κ3) is 8.60. The van der Waals surface area contributed by atoms with E-state index in [0.717, 1.165) is 42.3 Å². The lowest BCUT2D eigenvalue weighted by Gasteiger charge is -2.37. The Morgan fingerprint density at radius 1 is 1.15 bits per heavy atom. The van der Waals surface area contributed by atoms with Crippen LogP contribution in [0.15, 0.2) is 66.1 Å². The fourth-order valence-corrected chi connectivity index (χ4v) is 6.30. The van der Waals surface area contributed by atoms with Crippen LogP contribution in [0.4, 0.5) is 18.9 Å². The molecule has 248 valence electrons. The minimum absolute atomic E-state index is 0.0561. The Bertz CT molecular complexity index is 1920. The Kier molecular flexibility index (Phi) is 10.1. The molecule has 5 rings (SSSR count). The second kappa shape index (κ2) is 14.0. The quantitative estimate of drug-likeness (QED) is 0.250. The van der Waals surface area contributed by atoms with Crippen molar-refractivity contribution in [2.75, 3.05) is 38.3 Å². The molecule has 4 aromatic rings. The van der Waals surface area contributed by atoms with Gasteiger partial charge in [0.15, 0.2) is 9.84 Å². The fraction of sp³-hybridized carbons (Fsp3) is 0.364. The van der Waals surface area contributed by atoms with E-state index in [2.05, 4.69) is 44.3 Å². The maximum atomic E-state index is 13.7. The molecule has 0 spiro atoms. The number of benzene rings is 2. The van der Waals surface area contributed by atoms with Crippen LogP contribution < -0.4 is 15.4 Å². The van der Waals surface area contributed by atoms with E-state index in [-0.39, 0.29) is 40.0 Å².